The van der Waals surface area contributed by atoms with E-state index < -0.39 is 5.97 Å². The molecule has 126 valence electrons. The SMILES string of the molecule is C[C@H]1[C@@H](C)CCC[C@H]1NC(=O)COC(=O)c1c(Cl)cccc1Cl. The Morgan fingerprint density at radius 1 is 1.22 bits per heavy atom. The van der Waals surface area contributed by atoms with Gasteiger partial charge in [-0.15, -0.1) is 0 Å². The number of carbonyl (C=O) groups excluding carboxylic acids is 2. The second kappa shape index (κ2) is 8.02. The lowest BCUT2D eigenvalue weighted by Crippen LogP contribution is -2.45. The van der Waals surface area contributed by atoms with Crippen molar-refractivity contribution >= 4 is 35.1 Å². The Balaban J connectivity index is 1.88. The minimum absolute atomic E-state index is 0.0864. The van der Waals surface area contributed by atoms with Gasteiger partial charge in [0.05, 0.1) is 15.6 Å². The van der Waals surface area contributed by atoms with E-state index in [-0.39, 0.29) is 34.2 Å². The fourth-order valence-electron chi connectivity index (χ4n) is 2.93. The zero-order valence-electron chi connectivity index (χ0n) is 13.3. The number of hydrogen-bond donors (Lipinski definition) is 1. The van der Waals surface area contributed by atoms with E-state index in [2.05, 4.69) is 19.2 Å². The molecule has 0 aliphatic heterocycles. The van der Waals surface area contributed by atoms with Crippen LogP contribution in [0.4, 0.5) is 0 Å². The van der Waals surface area contributed by atoms with Gasteiger partial charge in [0.2, 0.25) is 0 Å². The maximum atomic E-state index is 12.0. The van der Waals surface area contributed by atoms with Gasteiger partial charge in [0, 0.05) is 6.04 Å². The highest BCUT2D eigenvalue weighted by molar-refractivity contribution is 6.39. The summed E-state index contributed by atoms with van der Waals surface area (Å²) in [5, 5.41) is 3.37. The van der Waals surface area contributed by atoms with Gasteiger partial charge in [-0.3, -0.25) is 4.79 Å². The van der Waals surface area contributed by atoms with Crippen LogP contribution in [0.5, 0.6) is 0 Å². The third-order valence-corrected chi connectivity index (χ3v) is 5.18. The molecule has 2 rings (SSSR count). The monoisotopic (exact) mass is 357 g/mol. The topological polar surface area (TPSA) is 55.4 Å². The summed E-state index contributed by atoms with van der Waals surface area (Å²) in [6, 6.07) is 4.87. The normalized spacial score (nSPS) is 24.1. The van der Waals surface area contributed by atoms with Crippen molar-refractivity contribution in [3.05, 3.63) is 33.8 Å². The highest BCUT2D eigenvalue weighted by Gasteiger charge is 2.28. The minimum atomic E-state index is -0.694. The molecule has 0 radical (unpaired) electrons. The molecule has 1 saturated carbocycles. The molecule has 0 unspecified atom stereocenters. The van der Waals surface area contributed by atoms with Gasteiger partial charge >= 0.3 is 5.97 Å². The van der Waals surface area contributed by atoms with Crippen LogP contribution >= 0.6 is 23.2 Å². The number of ether oxygens (including phenoxy) is 1. The first-order chi connectivity index (χ1) is 10.9. The van der Waals surface area contributed by atoms with Crippen molar-refractivity contribution in [1.29, 1.82) is 0 Å². The van der Waals surface area contributed by atoms with Crippen LogP contribution in [0.3, 0.4) is 0 Å². The molecule has 1 aliphatic rings. The fraction of sp³-hybridized carbons (Fsp3) is 0.529. The van der Waals surface area contributed by atoms with Gasteiger partial charge in [0.1, 0.15) is 0 Å². The van der Waals surface area contributed by atoms with Crippen molar-refractivity contribution in [2.24, 2.45) is 11.8 Å². The highest BCUT2D eigenvalue weighted by atomic mass is 35.5. The van der Waals surface area contributed by atoms with E-state index in [9.17, 15) is 9.59 Å². The Morgan fingerprint density at radius 2 is 1.87 bits per heavy atom. The van der Waals surface area contributed by atoms with Crippen LogP contribution in [0, 0.1) is 11.8 Å². The lowest BCUT2D eigenvalue weighted by atomic mass is 9.78. The summed E-state index contributed by atoms with van der Waals surface area (Å²) in [5.74, 6) is 0.00762. The average molecular weight is 358 g/mol. The second-order valence-electron chi connectivity index (χ2n) is 6.11. The Labute approximate surface area is 146 Å². The van der Waals surface area contributed by atoms with Crippen LogP contribution in [0.1, 0.15) is 43.5 Å². The zero-order chi connectivity index (χ0) is 17.0. The van der Waals surface area contributed by atoms with E-state index in [1.54, 1.807) is 18.2 Å². The Hall–Kier alpha value is -1.26. The summed E-state index contributed by atoms with van der Waals surface area (Å²) in [4.78, 5) is 24.0. The number of carbonyl (C=O) groups is 2. The van der Waals surface area contributed by atoms with Crippen molar-refractivity contribution in [3.63, 3.8) is 0 Å². The number of benzene rings is 1. The molecule has 0 saturated heterocycles. The van der Waals surface area contributed by atoms with Gasteiger partial charge in [-0.25, -0.2) is 4.79 Å². The molecule has 1 amide bonds. The first-order valence-corrected chi connectivity index (χ1v) is 8.56. The molecule has 0 heterocycles. The third kappa shape index (κ3) is 4.61. The van der Waals surface area contributed by atoms with Crippen LogP contribution in [0.15, 0.2) is 18.2 Å². The van der Waals surface area contributed by atoms with Gasteiger partial charge in [-0.1, -0.05) is 56.0 Å². The summed E-state index contributed by atoms with van der Waals surface area (Å²) < 4.78 is 5.04. The summed E-state index contributed by atoms with van der Waals surface area (Å²) in [7, 11) is 0. The third-order valence-electron chi connectivity index (χ3n) is 4.55. The maximum absolute atomic E-state index is 12.0. The number of halogens is 2. The van der Waals surface area contributed by atoms with Crippen molar-refractivity contribution in [2.45, 2.75) is 39.2 Å². The summed E-state index contributed by atoms with van der Waals surface area (Å²) >= 11 is 11.9. The van der Waals surface area contributed by atoms with Crippen LogP contribution < -0.4 is 5.32 Å². The van der Waals surface area contributed by atoms with E-state index in [0.29, 0.717) is 11.8 Å². The van der Waals surface area contributed by atoms with Crippen LogP contribution in [-0.4, -0.2) is 24.5 Å². The predicted octanol–water partition coefficient (Wildman–Crippen LogP) is 4.09. The van der Waals surface area contributed by atoms with Gasteiger partial charge in [-0.05, 0) is 30.4 Å². The van der Waals surface area contributed by atoms with Gasteiger partial charge < -0.3 is 10.1 Å². The van der Waals surface area contributed by atoms with E-state index in [1.165, 1.54) is 6.42 Å². The molecule has 1 aromatic rings. The molecule has 6 heteroatoms. The Bertz CT molecular complexity index is 571. The van der Waals surface area contributed by atoms with Crippen molar-refractivity contribution in [1.82, 2.24) is 5.32 Å². The lowest BCUT2D eigenvalue weighted by molar-refractivity contribution is -0.125. The molecule has 3 atom stereocenters. The molecule has 4 nitrogen and oxygen atoms in total. The summed E-state index contributed by atoms with van der Waals surface area (Å²) in [6.07, 6.45) is 3.25. The van der Waals surface area contributed by atoms with E-state index >= 15 is 0 Å². The molecule has 0 spiro atoms. The van der Waals surface area contributed by atoms with E-state index in [1.807, 2.05) is 0 Å². The molecular formula is C17H21Cl2NO3. The van der Waals surface area contributed by atoms with E-state index in [0.717, 1.165) is 12.8 Å². The van der Waals surface area contributed by atoms with Crippen molar-refractivity contribution in [2.75, 3.05) is 6.61 Å². The fourth-order valence-corrected chi connectivity index (χ4v) is 3.48. The lowest BCUT2D eigenvalue weighted by Gasteiger charge is -2.34. The molecule has 23 heavy (non-hydrogen) atoms. The smallest absolute Gasteiger partial charge is 0.341 e. The molecule has 1 aromatic carbocycles. The molecular weight excluding hydrogens is 337 g/mol. The zero-order valence-corrected chi connectivity index (χ0v) is 14.8. The van der Waals surface area contributed by atoms with Gasteiger partial charge in [0.25, 0.3) is 5.91 Å². The van der Waals surface area contributed by atoms with Gasteiger partial charge in [-0.2, -0.15) is 0 Å². The first kappa shape index (κ1) is 18.1. The summed E-state index contributed by atoms with van der Waals surface area (Å²) in [5.41, 5.74) is 0.0864. The number of rotatable bonds is 4. The first-order valence-electron chi connectivity index (χ1n) is 7.80. The number of esters is 1. The average Bonchev–Trinajstić information content (AvgIpc) is 2.49. The largest absolute Gasteiger partial charge is 0.452 e. The molecule has 1 aliphatic carbocycles. The van der Waals surface area contributed by atoms with Crippen LogP contribution in [0.25, 0.3) is 0 Å². The maximum Gasteiger partial charge on any atom is 0.341 e. The molecule has 1 fully saturated rings. The summed E-state index contributed by atoms with van der Waals surface area (Å²) in [6.45, 7) is 4.00. The molecule has 0 aromatic heterocycles. The van der Waals surface area contributed by atoms with Crippen LogP contribution in [0.2, 0.25) is 10.0 Å². The number of amides is 1. The standard InChI is InChI=1S/C17H21Cl2NO3/c1-10-5-3-8-14(11(10)2)20-15(21)9-23-17(22)16-12(18)6-4-7-13(16)19/h4,6-7,10-11,14H,3,5,8-9H2,1-2H3,(H,20,21)/t10-,11-,14+/m0/s1. The van der Waals surface area contributed by atoms with Crippen molar-refractivity contribution in [3.8, 4) is 0 Å². The Morgan fingerprint density at radius 3 is 2.52 bits per heavy atom. The van der Waals surface area contributed by atoms with Gasteiger partial charge in [0.15, 0.2) is 6.61 Å². The minimum Gasteiger partial charge on any atom is -0.452 e. The second-order valence-corrected chi connectivity index (χ2v) is 6.93. The highest BCUT2D eigenvalue weighted by Crippen LogP contribution is 2.29. The predicted molar refractivity (Wildman–Crippen MR) is 90.9 cm³/mol. The molecule has 1 N–H and O–H groups in total. The number of nitrogens with one attached hydrogen (secondary N) is 1. The van der Waals surface area contributed by atoms with Crippen LogP contribution in [-0.2, 0) is 9.53 Å². The molecule has 0 bridgehead atoms. The number of hydrogen-bond acceptors (Lipinski definition) is 3. The Kier molecular flexibility index (Phi) is 6.31. The van der Waals surface area contributed by atoms with Crippen molar-refractivity contribution < 1.29 is 14.3 Å². The quantitative estimate of drug-likeness (QED) is 0.825. The van der Waals surface area contributed by atoms with E-state index in [4.69, 9.17) is 27.9 Å².